The van der Waals surface area contributed by atoms with Gasteiger partial charge in [-0.25, -0.2) is 21.1 Å². The highest BCUT2D eigenvalue weighted by molar-refractivity contribution is 7.89. The van der Waals surface area contributed by atoms with Crippen LogP contribution in [0.5, 0.6) is 0 Å². The highest BCUT2D eigenvalue weighted by Crippen LogP contribution is 2.22. The van der Waals surface area contributed by atoms with Gasteiger partial charge < -0.3 is 0 Å². The molecule has 0 N–H and O–H groups in total. The summed E-state index contributed by atoms with van der Waals surface area (Å²) in [5, 5.41) is -0.0298. The van der Waals surface area contributed by atoms with Gasteiger partial charge >= 0.3 is 0 Å². The lowest BCUT2D eigenvalue weighted by atomic mass is 10.3. The Bertz CT molecular complexity index is 816. The Morgan fingerprint density at radius 3 is 2.12 bits per heavy atom. The number of hydrogen-bond donors (Lipinski definition) is 0. The van der Waals surface area contributed by atoms with E-state index >= 15 is 0 Å². The van der Waals surface area contributed by atoms with Crippen LogP contribution in [0.25, 0.3) is 0 Å². The van der Waals surface area contributed by atoms with Gasteiger partial charge in [-0.3, -0.25) is 4.21 Å². The lowest BCUT2D eigenvalue weighted by molar-refractivity contribution is 0.429. The van der Waals surface area contributed by atoms with Crippen molar-refractivity contribution in [2.75, 3.05) is 32.9 Å². The summed E-state index contributed by atoms with van der Waals surface area (Å²) in [6, 6.07) is 5.19. The van der Waals surface area contributed by atoms with Crippen molar-refractivity contribution in [3.05, 3.63) is 24.3 Å². The van der Waals surface area contributed by atoms with Crippen LogP contribution in [-0.2, 0) is 30.8 Å². The van der Waals surface area contributed by atoms with Crippen LogP contribution in [0.2, 0.25) is 0 Å². The Labute approximate surface area is 146 Å². The third-order valence-corrected chi connectivity index (χ3v) is 9.48. The zero-order valence-corrected chi connectivity index (χ0v) is 16.3. The molecule has 1 aromatic carbocycles. The lowest BCUT2D eigenvalue weighted by Crippen LogP contribution is -2.33. The minimum Gasteiger partial charge on any atom is -0.259 e. The molecule has 1 heterocycles. The van der Waals surface area contributed by atoms with E-state index in [2.05, 4.69) is 0 Å². The summed E-state index contributed by atoms with van der Waals surface area (Å²) in [4.78, 5) is 0.0811. The molecule has 7 nitrogen and oxygen atoms in total. The fourth-order valence-corrected chi connectivity index (χ4v) is 5.99. The zero-order valence-electron chi connectivity index (χ0n) is 13.9. The van der Waals surface area contributed by atoms with Crippen LogP contribution < -0.4 is 0 Å². The molecular formula is C14H22N2O5S3. The topological polar surface area (TPSA) is 91.8 Å². The van der Waals surface area contributed by atoms with Crippen molar-refractivity contribution in [2.24, 2.45) is 0 Å². The Morgan fingerprint density at radius 1 is 1.04 bits per heavy atom. The standard InChI is InChI=1S/C14H22N2O5S3/c1-12-8-9-16(10-11-22(12)17)24(20,21)14-6-4-13(5-7-14)23(18,19)15(2)3/h4-7,12H,8-11H2,1-3H3. The number of hydrogen-bond acceptors (Lipinski definition) is 5. The van der Waals surface area contributed by atoms with Gasteiger partial charge in [-0.1, -0.05) is 6.92 Å². The monoisotopic (exact) mass is 394 g/mol. The molecular weight excluding hydrogens is 372 g/mol. The van der Waals surface area contributed by atoms with Crippen molar-refractivity contribution in [1.82, 2.24) is 8.61 Å². The third-order valence-electron chi connectivity index (χ3n) is 4.02. The molecule has 1 aromatic rings. The second kappa shape index (κ2) is 7.20. The molecule has 1 fully saturated rings. The van der Waals surface area contributed by atoms with E-state index in [4.69, 9.17) is 0 Å². The summed E-state index contributed by atoms with van der Waals surface area (Å²) in [6.45, 7) is 2.37. The van der Waals surface area contributed by atoms with Crippen LogP contribution in [0.4, 0.5) is 0 Å². The number of benzene rings is 1. The van der Waals surface area contributed by atoms with E-state index in [1.807, 2.05) is 6.92 Å². The van der Waals surface area contributed by atoms with Crippen molar-refractivity contribution in [3.63, 3.8) is 0 Å². The molecule has 0 aromatic heterocycles. The highest BCUT2D eigenvalue weighted by Gasteiger charge is 2.29. The summed E-state index contributed by atoms with van der Waals surface area (Å²) in [5.41, 5.74) is 0. The fourth-order valence-electron chi connectivity index (χ4n) is 2.35. The summed E-state index contributed by atoms with van der Waals surface area (Å²) < 4.78 is 63.8. The van der Waals surface area contributed by atoms with Crippen LogP contribution in [0, 0.1) is 0 Å². The van der Waals surface area contributed by atoms with Gasteiger partial charge in [-0.2, -0.15) is 4.31 Å². The van der Waals surface area contributed by atoms with Crippen molar-refractivity contribution in [3.8, 4) is 0 Å². The van der Waals surface area contributed by atoms with Gasteiger partial charge in [0.1, 0.15) is 0 Å². The van der Waals surface area contributed by atoms with E-state index in [1.54, 1.807) is 0 Å². The Kier molecular flexibility index (Phi) is 5.86. The van der Waals surface area contributed by atoms with Crippen molar-refractivity contribution in [1.29, 1.82) is 0 Å². The minimum atomic E-state index is -3.72. The fraction of sp³-hybridized carbons (Fsp3) is 0.571. The first-order valence-electron chi connectivity index (χ1n) is 7.46. The average molecular weight is 395 g/mol. The molecule has 0 bridgehead atoms. The summed E-state index contributed by atoms with van der Waals surface area (Å²) in [6.07, 6.45) is 0.541. The molecule has 2 unspecified atom stereocenters. The lowest BCUT2D eigenvalue weighted by Gasteiger charge is -2.20. The SMILES string of the molecule is CC1CCN(S(=O)(=O)c2ccc(S(=O)(=O)N(C)C)cc2)CCS1=O. The van der Waals surface area contributed by atoms with E-state index in [9.17, 15) is 21.0 Å². The molecule has 0 saturated carbocycles. The van der Waals surface area contributed by atoms with Gasteiger partial charge in [0.2, 0.25) is 20.0 Å². The predicted octanol–water partition coefficient (Wildman–Crippen LogP) is 0.469. The summed E-state index contributed by atoms with van der Waals surface area (Å²) in [7, 11) is -5.52. The number of rotatable bonds is 4. The van der Waals surface area contributed by atoms with Gasteiger partial charge in [0.15, 0.2) is 0 Å². The molecule has 1 aliphatic heterocycles. The van der Waals surface area contributed by atoms with Crippen LogP contribution >= 0.6 is 0 Å². The number of nitrogens with zero attached hydrogens (tertiary/aromatic N) is 2. The van der Waals surface area contributed by atoms with Crippen LogP contribution in [0.3, 0.4) is 0 Å². The maximum atomic E-state index is 12.7. The van der Waals surface area contributed by atoms with Gasteiger partial charge in [0, 0.05) is 49.0 Å². The molecule has 0 spiro atoms. The minimum absolute atomic E-state index is 0.0298. The Balaban J connectivity index is 2.29. The quantitative estimate of drug-likeness (QED) is 0.740. The molecule has 24 heavy (non-hydrogen) atoms. The molecule has 1 saturated heterocycles. The largest absolute Gasteiger partial charge is 0.259 e. The molecule has 0 aliphatic carbocycles. The normalized spacial score (nSPS) is 24.0. The highest BCUT2D eigenvalue weighted by atomic mass is 32.2. The second-order valence-electron chi connectivity index (χ2n) is 5.85. The predicted molar refractivity (Wildman–Crippen MR) is 93.2 cm³/mol. The van der Waals surface area contributed by atoms with Crippen molar-refractivity contribution < 1.29 is 21.0 Å². The van der Waals surface area contributed by atoms with Crippen LogP contribution in [0.15, 0.2) is 34.1 Å². The summed E-state index contributed by atoms with van der Waals surface area (Å²) in [5.74, 6) is 0.313. The summed E-state index contributed by atoms with van der Waals surface area (Å²) >= 11 is 0. The van der Waals surface area contributed by atoms with Crippen LogP contribution in [0.1, 0.15) is 13.3 Å². The molecule has 1 aliphatic rings. The first kappa shape index (κ1) is 19.5. The van der Waals surface area contributed by atoms with E-state index in [0.717, 1.165) is 4.31 Å². The average Bonchev–Trinajstić information content (AvgIpc) is 2.70. The molecule has 10 heteroatoms. The van der Waals surface area contributed by atoms with Crippen LogP contribution in [-0.4, -0.2) is 67.8 Å². The van der Waals surface area contributed by atoms with Crippen molar-refractivity contribution in [2.45, 2.75) is 28.4 Å². The maximum absolute atomic E-state index is 12.7. The zero-order chi connectivity index (χ0) is 18.1. The molecule has 0 radical (unpaired) electrons. The molecule has 136 valence electrons. The Morgan fingerprint density at radius 2 is 1.58 bits per heavy atom. The van der Waals surface area contributed by atoms with Gasteiger partial charge in [-0.15, -0.1) is 0 Å². The third kappa shape index (κ3) is 3.88. The number of sulfonamides is 2. The van der Waals surface area contributed by atoms with Gasteiger partial charge in [0.05, 0.1) is 9.79 Å². The molecule has 2 atom stereocenters. The van der Waals surface area contributed by atoms with E-state index in [1.165, 1.54) is 42.7 Å². The van der Waals surface area contributed by atoms with E-state index < -0.39 is 30.8 Å². The maximum Gasteiger partial charge on any atom is 0.243 e. The molecule has 0 amide bonds. The molecule has 2 rings (SSSR count). The Hall–Kier alpha value is -0.810. The first-order valence-corrected chi connectivity index (χ1v) is 11.7. The van der Waals surface area contributed by atoms with E-state index in [0.29, 0.717) is 18.7 Å². The van der Waals surface area contributed by atoms with Gasteiger partial charge in [0.25, 0.3) is 0 Å². The first-order chi connectivity index (χ1) is 11.1. The van der Waals surface area contributed by atoms with E-state index in [-0.39, 0.29) is 21.6 Å². The van der Waals surface area contributed by atoms with Gasteiger partial charge in [-0.05, 0) is 30.7 Å². The van der Waals surface area contributed by atoms with Crippen molar-refractivity contribution >= 4 is 30.8 Å². The smallest absolute Gasteiger partial charge is 0.243 e. The second-order valence-corrected chi connectivity index (χ2v) is 11.9.